The Bertz CT molecular complexity index is 792. The standard InChI is InChI=1S/C17H14N2O2/c1-19-16(11-15(18-19)17(20)21)14-9-5-8-13(10-14)12-6-3-2-4-7-12/h2-11H,1H3,(H,20,21). The van der Waals surface area contributed by atoms with Crippen LogP contribution in [0.15, 0.2) is 60.7 Å². The summed E-state index contributed by atoms with van der Waals surface area (Å²) in [5.41, 5.74) is 3.99. The second kappa shape index (κ2) is 5.25. The highest BCUT2D eigenvalue weighted by molar-refractivity contribution is 5.87. The highest BCUT2D eigenvalue weighted by Crippen LogP contribution is 2.26. The fourth-order valence-electron chi connectivity index (χ4n) is 2.33. The highest BCUT2D eigenvalue weighted by Gasteiger charge is 2.12. The van der Waals surface area contributed by atoms with Gasteiger partial charge in [-0.25, -0.2) is 4.79 Å². The first-order valence-corrected chi connectivity index (χ1v) is 6.58. The highest BCUT2D eigenvalue weighted by atomic mass is 16.4. The monoisotopic (exact) mass is 278 g/mol. The van der Waals surface area contributed by atoms with Gasteiger partial charge in [-0.05, 0) is 23.3 Å². The van der Waals surface area contributed by atoms with Gasteiger partial charge in [-0.2, -0.15) is 5.10 Å². The van der Waals surface area contributed by atoms with Crippen molar-refractivity contribution in [2.75, 3.05) is 0 Å². The number of aryl methyl sites for hydroxylation is 1. The number of aromatic nitrogens is 2. The Balaban J connectivity index is 2.06. The van der Waals surface area contributed by atoms with E-state index < -0.39 is 5.97 Å². The van der Waals surface area contributed by atoms with Gasteiger partial charge in [0.15, 0.2) is 5.69 Å². The van der Waals surface area contributed by atoms with E-state index in [9.17, 15) is 4.79 Å². The minimum atomic E-state index is -1.02. The van der Waals surface area contributed by atoms with Crippen molar-refractivity contribution < 1.29 is 9.90 Å². The lowest BCUT2D eigenvalue weighted by Crippen LogP contribution is -1.99. The van der Waals surface area contributed by atoms with Gasteiger partial charge >= 0.3 is 5.97 Å². The van der Waals surface area contributed by atoms with Gasteiger partial charge in [0.25, 0.3) is 0 Å². The average molecular weight is 278 g/mol. The van der Waals surface area contributed by atoms with Crippen LogP contribution >= 0.6 is 0 Å². The van der Waals surface area contributed by atoms with E-state index in [4.69, 9.17) is 5.11 Å². The zero-order chi connectivity index (χ0) is 14.8. The molecule has 4 heteroatoms. The molecule has 2 aromatic carbocycles. The number of aromatic carboxylic acids is 1. The summed E-state index contributed by atoms with van der Waals surface area (Å²) >= 11 is 0. The molecule has 0 spiro atoms. The van der Waals surface area contributed by atoms with E-state index in [1.807, 2.05) is 54.6 Å². The molecule has 0 aliphatic rings. The van der Waals surface area contributed by atoms with Crippen molar-refractivity contribution in [3.8, 4) is 22.4 Å². The Kier molecular flexibility index (Phi) is 3.28. The molecule has 0 bridgehead atoms. The van der Waals surface area contributed by atoms with Crippen LogP contribution in [-0.2, 0) is 7.05 Å². The number of hydrogen-bond donors (Lipinski definition) is 1. The van der Waals surface area contributed by atoms with Gasteiger partial charge in [0.2, 0.25) is 0 Å². The van der Waals surface area contributed by atoms with Crippen LogP contribution in [0.25, 0.3) is 22.4 Å². The molecular weight excluding hydrogens is 264 g/mol. The van der Waals surface area contributed by atoms with Gasteiger partial charge in [-0.1, -0.05) is 48.5 Å². The van der Waals surface area contributed by atoms with Crippen molar-refractivity contribution in [3.63, 3.8) is 0 Å². The first kappa shape index (κ1) is 13.1. The van der Waals surface area contributed by atoms with Gasteiger partial charge in [-0.3, -0.25) is 4.68 Å². The van der Waals surface area contributed by atoms with Crippen LogP contribution in [0.2, 0.25) is 0 Å². The van der Waals surface area contributed by atoms with Crippen LogP contribution in [0.1, 0.15) is 10.5 Å². The molecule has 0 amide bonds. The van der Waals surface area contributed by atoms with Crippen LogP contribution in [0, 0.1) is 0 Å². The molecular formula is C17H14N2O2. The van der Waals surface area contributed by atoms with E-state index in [0.29, 0.717) is 0 Å². The van der Waals surface area contributed by atoms with Crippen LogP contribution in [-0.4, -0.2) is 20.9 Å². The van der Waals surface area contributed by atoms with Crippen molar-refractivity contribution in [2.45, 2.75) is 0 Å². The van der Waals surface area contributed by atoms with Crippen LogP contribution < -0.4 is 0 Å². The lowest BCUT2D eigenvalue weighted by atomic mass is 10.0. The van der Waals surface area contributed by atoms with Gasteiger partial charge in [0, 0.05) is 12.6 Å². The quantitative estimate of drug-likeness (QED) is 0.798. The molecule has 0 fully saturated rings. The summed E-state index contributed by atoms with van der Waals surface area (Å²) in [4.78, 5) is 11.0. The molecule has 0 aliphatic carbocycles. The summed E-state index contributed by atoms with van der Waals surface area (Å²) in [5.74, 6) is -1.02. The van der Waals surface area contributed by atoms with Gasteiger partial charge < -0.3 is 5.11 Å². The predicted molar refractivity (Wildman–Crippen MR) is 81.0 cm³/mol. The molecule has 3 rings (SSSR count). The lowest BCUT2D eigenvalue weighted by molar-refractivity contribution is 0.0689. The molecule has 4 nitrogen and oxygen atoms in total. The molecule has 3 aromatic rings. The van der Waals surface area contributed by atoms with Crippen LogP contribution in [0.4, 0.5) is 0 Å². The minimum Gasteiger partial charge on any atom is -0.476 e. The average Bonchev–Trinajstić information content (AvgIpc) is 2.91. The van der Waals surface area contributed by atoms with Crippen molar-refractivity contribution in [3.05, 3.63) is 66.4 Å². The molecule has 1 heterocycles. The van der Waals surface area contributed by atoms with Gasteiger partial charge in [0.1, 0.15) is 0 Å². The van der Waals surface area contributed by atoms with Crippen LogP contribution in [0.3, 0.4) is 0 Å². The zero-order valence-electron chi connectivity index (χ0n) is 11.5. The smallest absolute Gasteiger partial charge is 0.356 e. The Hall–Kier alpha value is -2.88. The van der Waals surface area contributed by atoms with E-state index in [-0.39, 0.29) is 5.69 Å². The second-order valence-corrected chi connectivity index (χ2v) is 4.79. The Morgan fingerprint density at radius 1 is 0.952 bits per heavy atom. The number of nitrogens with zero attached hydrogens (tertiary/aromatic N) is 2. The van der Waals surface area contributed by atoms with E-state index in [0.717, 1.165) is 22.4 Å². The molecule has 21 heavy (non-hydrogen) atoms. The topological polar surface area (TPSA) is 55.1 Å². The third kappa shape index (κ3) is 2.56. The number of benzene rings is 2. The summed E-state index contributed by atoms with van der Waals surface area (Å²) < 4.78 is 1.59. The van der Waals surface area contributed by atoms with Crippen molar-refractivity contribution in [2.24, 2.45) is 7.05 Å². The number of carboxylic acid groups (broad SMARTS) is 1. The summed E-state index contributed by atoms with van der Waals surface area (Å²) in [7, 11) is 1.75. The Morgan fingerprint density at radius 2 is 1.62 bits per heavy atom. The lowest BCUT2D eigenvalue weighted by Gasteiger charge is -2.06. The summed E-state index contributed by atoms with van der Waals surface area (Å²) in [6, 6.07) is 19.6. The molecule has 0 atom stereocenters. The second-order valence-electron chi connectivity index (χ2n) is 4.79. The zero-order valence-corrected chi connectivity index (χ0v) is 11.5. The Morgan fingerprint density at radius 3 is 2.29 bits per heavy atom. The van der Waals surface area contributed by atoms with Crippen LogP contribution in [0.5, 0.6) is 0 Å². The fraction of sp³-hybridized carbons (Fsp3) is 0.0588. The van der Waals surface area contributed by atoms with Gasteiger partial charge in [-0.15, -0.1) is 0 Å². The molecule has 1 aromatic heterocycles. The van der Waals surface area contributed by atoms with Crippen molar-refractivity contribution in [1.29, 1.82) is 0 Å². The molecule has 0 saturated carbocycles. The number of rotatable bonds is 3. The van der Waals surface area contributed by atoms with Crippen molar-refractivity contribution in [1.82, 2.24) is 9.78 Å². The third-order valence-corrected chi connectivity index (χ3v) is 3.36. The van der Waals surface area contributed by atoms with E-state index in [2.05, 4.69) is 5.10 Å². The fourth-order valence-corrected chi connectivity index (χ4v) is 2.33. The number of hydrogen-bond acceptors (Lipinski definition) is 2. The number of carbonyl (C=O) groups is 1. The normalized spacial score (nSPS) is 10.5. The van der Waals surface area contributed by atoms with E-state index in [1.165, 1.54) is 0 Å². The molecule has 104 valence electrons. The minimum absolute atomic E-state index is 0.0533. The van der Waals surface area contributed by atoms with Gasteiger partial charge in [0.05, 0.1) is 5.69 Å². The summed E-state index contributed by atoms with van der Waals surface area (Å²) in [6.45, 7) is 0. The van der Waals surface area contributed by atoms with Crippen molar-refractivity contribution >= 4 is 5.97 Å². The first-order valence-electron chi connectivity index (χ1n) is 6.58. The maximum Gasteiger partial charge on any atom is 0.356 e. The first-order chi connectivity index (χ1) is 10.1. The third-order valence-electron chi connectivity index (χ3n) is 3.36. The maximum atomic E-state index is 11.0. The molecule has 1 N–H and O–H groups in total. The number of carboxylic acids is 1. The summed E-state index contributed by atoms with van der Waals surface area (Å²) in [5, 5.41) is 13.0. The largest absolute Gasteiger partial charge is 0.476 e. The Labute approximate surface area is 122 Å². The predicted octanol–water partition coefficient (Wildman–Crippen LogP) is 3.45. The summed E-state index contributed by atoms with van der Waals surface area (Å²) in [6.07, 6.45) is 0. The SMILES string of the molecule is Cn1nc(C(=O)O)cc1-c1cccc(-c2ccccc2)c1. The molecule has 0 unspecified atom stereocenters. The van der Waals surface area contributed by atoms with E-state index >= 15 is 0 Å². The van der Waals surface area contributed by atoms with E-state index in [1.54, 1.807) is 17.8 Å². The molecule has 0 saturated heterocycles. The molecule has 0 aliphatic heterocycles. The maximum absolute atomic E-state index is 11.0. The molecule has 0 radical (unpaired) electrons.